The summed E-state index contributed by atoms with van der Waals surface area (Å²) in [6.07, 6.45) is 2.40. The molecule has 2 N–H and O–H groups in total. The Balaban J connectivity index is 1.56. The van der Waals surface area contributed by atoms with E-state index in [0.29, 0.717) is 17.9 Å². The number of benzene rings is 1. The van der Waals surface area contributed by atoms with Crippen LogP contribution in [0.25, 0.3) is 0 Å². The van der Waals surface area contributed by atoms with E-state index in [0.717, 1.165) is 30.8 Å². The Kier molecular flexibility index (Phi) is 5.30. The molecule has 0 saturated carbocycles. The Morgan fingerprint density at radius 3 is 2.79 bits per heavy atom. The zero-order chi connectivity index (χ0) is 16.9. The zero-order valence-electron chi connectivity index (χ0n) is 13.1. The molecule has 1 aromatic carbocycles. The van der Waals surface area contributed by atoms with Gasteiger partial charge in [-0.1, -0.05) is 30.0 Å². The fourth-order valence-corrected chi connectivity index (χ4v) is 3.37. The van der Waals surface area contributed by atoms with Crippen LogP contribution in [0.2, 0.25) is 0 Å². The quantitative estimate of drug-likeness (QED) is 0.874. The summed E-state index contributed by atoms with van der Waals surface area (Å²) in [5.74, 6) is 0.617. The van der Waals surface area contributed by atoms with Crippen molar-refractivity contribution < 1.29 is 9.90 Å². The molecule has 0 aromatic heterocycles. The maximum atomic E-state index is 11.1. The summed E-state index contributed by atoms with van der Waals surface area (Å²) in [4.78, 5) is 13.3. The van der Waals surface area contributed by atoms with Crippen molar-refractivity contribution in [3.05, 3.63) is 47.0 Å². The first-order valence-corrected chi connectivity index (χ1v) is 8.73. The van der Waals surface area contributed by atoms with Gasteiger partial charge in [-0.25, -0.2) is 5.43 Å². The standard InChI is InChI=1S/C17H18N4O2S/c18-9-12-1-3-14(4-2-12)16(22)10-21-7-5-13(6-8-21)15-11-24-17(23)20-19-15/h1-5,16,22H,6-8,10-11H2,(H,20,23). The number of rotatable bonds is 4. The van der Waals surface area contributed by atoms with Crippen molar-refractivity contribution in [2.75, 3.05) is 25.4 Å². The molecule has 0 spiro atoms. The number of hydrazone groups is 1. The average molecular weight is 342 g/mol. The molecule has 0 fully saturated rings. The van der Waals surface area contributed by atoms with Gasteiger partial charge in [-0.15, -0.1) is 0 Å². The van der Waals surface area contributed by atoms with Crippen LogP contribution in [0.4, 0.5) is 4.79 Å². The molecule has 7 heteroatoms. The van der Waals surface area contributed by atoms with Gasteiger partial charge in [-0.2, -0.15) is 10.4 Å². The van der Waals surface area contributed by atoms with Gasteiger partial charge in [0.25, 0.3) is 5.24 Å². The number of carbonyl (C=O) groups excluding carboxylic acids is 1. The van der Waals surface area contributed by atoms with E-state index in [9.17, 15) is 9.90 Å². The van der Waals surface area contributed by atoms with E-state index in [1.54, 1.807) is 24.3 Å². The summed E-state index contributed by atoms with van der Waals surface area (Å²) in [5, 5.41) is 23.2. The van der Waals surface area contributed by atoms with E-state index in [2.05, 4.69) is 27.6 Å². The fourth-order valence-electron chi connectivity index (χ4n) is 2.74. The van der Waals surface area contributed by atoms with Crippen molar-refractivity contribution in [1.29, 1.82) is 5.26 Å². The lowest BCUT2D eigenvalue weighted by molar-refractivity contribution is 0.118. The number of aliphatic hydroxyl groups excluding tert-OH is 1. The number of hydrogen-bond donors (Lipinski definition) is 2. The maximum Gasteiger partial charge on any atom is 0.299 e. The van der Waals surface area contributed by atoms with Gasteiger partial charge in [0.2, 0.25) is 0 Å². The zero-order valence-corrected chi connectivity index (χ0v) is 13.9. The minimum Gasteiger partial charge on any atom is -0.387 e. The van der Waals surface area contributed by atoms with Crippen molar-refractivity contribution in [1.82, 2.24) is 10.3 Å². The van der Waals surface area contributed by atoms with Crippen LogP contribution in [-0.4, -0.2) is 46.3 Å². The number of hydrogen-bond acceptors (Lipinski definition) is 6. The molecule has 1 amide bonds. The molecular formula is C17H18N4O2S. The molecule has 2 aliphatic heterocycles. The SMILES string of the molecule is N#Cc1ccc(C(O)CN2CC=C(C3=NNC(=O)SC3)CC2)cc1. The molecule has 2 aliphatic rings. The number of amides is 1. The van der Waals surface area contributed by atoms with E-state index >= 15 is 0 Å². The number of carbonyl (C=O) groups is 1. The lowest BCUT2D eigenvalue weighted by atomic mass is 10.0. The third-order valence-corrected chi connectivity index (χ3v) is 4.91. The van der Waals surface area contributed by atoms with Crippen molar-refractivity contribution in [3.63, 3.8) is 0 Å². The number of nitrogens with one attached hydrogen (secondary N) is 1. The molecule has 1 aromatic rings. The van der Waals surface area contributed by atoms with Gasteiger partial charge in [0.05, 0.1) is 23.4 Å². The predicted molar refractivity (Wildman–Crippen MR) is 93.7 cm³/mol. The highest BCUT2D eigenvalue weighted by Crippen LogP contribution is 2.21. The third-order valence-electron chi connectivity index (χ3n) is 4.14. The van der Waals surface area contributed by atoms with E-state index in [4.69, 9.17) is 5.26 Å². The molecule has 0 bridgehead atoms. The van der Waals surface area contributed by atoms with E-state index < -0.39 is 6.10 Å². The van der Waals surface area contributed by atoms with E-state index in [-0.39, 0.29) is 5.24 Å². The van der Waals surface area contributed by atoms with E-state index in [1.165, 1.54) is 17.3 Å². The first kappa shape index (κ1) is 16.7. The molecule has 24 heavy (non-hydrogen) atoms. The third kappa shape index (κ3) is 4.03. The van der Waals surface area contributed by atoms with Crippen LogP contribution in [0.3, 0.4) is 0 Å². The van der Waals surface area contributed by atoms with Crippen molar-refractivity contribution in [2.45, 2.75) is 12.5 Å². The second kappa shape index (κ2) is 7.62. The summed E-state index contributed by atoms with van der Waals surface area (Å²) in [7, 11) is 0. The molecule has 3 rings (SSSR count). The summed E-state index contributed by atoms with van der Waals surface area (Å²) in [6.45, 7) is 2.14. The highest BCUT2D eigenvalue weighted by molar-refractivity contribution is 8.14. The van der Waals surface area contributed by atoms with Gasteiger partial charge >= 0.3 is 0 Å². The van der Waals surface area contributed by atoms with E-state index in [1.807, 2.05) is 0 Å². The Morgan fingerprint density at radius 2 is 2.21 bits per heavy atom. The minimum absolute atomic E-state index is 0.109. The number of nitrogens with zero attached hydrogens (tertiary/aromatic N) is 3. The average Bonchev–Trinajstić information content (AvgIpc) is 2.63. The Morgan fingerprint density at radius 1 is 1.42 bits per heavy atom. The Bertz CT molecular complexity index is 721. The van der Waals surface area contributed by atoms with Crippen LogP contribution in [0.5, 0.6) is 0 Å². The summed E-state index contributed by atoms with van der Waals surface area (Å²) in [6, 6.07) is 9.11. The first-order valence-electron chi connectivity index (χ1n) is 7.75. The largest absolute Gasteiger partial charge is 0.387 e. The highest BCUT2D eigenvalue weighted by Gasteiger charge is 2.21. The normalized spacial score (nSPS) is 19.8. The lowest BCUT2D eigenvalue weighted by Crippen LogP contribution is -2.35. The second-order valence-electron chi connectivity index (χ2n) is 5.73. The Hall–Kier alpha value is -2.14. The van der Waals surface area contributed by atoms with Gasteiger partial charge in [-0.05, 0) is 29.7 Å². The molecule has 6 nitrogen and oxygen atoms in total. The first-order chi connectivity index (χ1) is 11.7. The summed E-state index contributed by atoms with van der Waals surface area (Å²) < 4.78 is 0. The van der Waals surface area contributed by atoms with Crippen molar-refractivity contribution in [2.24, 2.45) is 5.10 Å². The monoisotopic (exact) mass is 342 g/mol. The van der Waals surface area contributed by atoms with Crippen LogP contribution in [0.15, 0.2) is 41.0 Å². The van der Waals surface area contributed by atoms with Gasteiger partial charge < -0.3 is 5.11 Å². The highest BCUT2D eigenvalue weighted by atomic mass is 32.2. The number of β-amino-alcohol motifs (C(OH)–C–C–N with tert-alkyl or cyclic N) is 1. The van der Waals surface area contributed by atoms with Gasteiger partial charge in [0.1, 0.15) is 0 Å². The predicted octanol–water partition coefficient (Wildman–Crippen LogP) is 2.04. The molecule has 1 unspecified atom stereocenters. The fraction of sp³-hybridized carbons (Fsp3) is 0.353. The lowest BCUT2D eigenvalue weighted by Gasteiger charge is -2.29. The van der Waals surface area contributed by atoms with Crippen molar-refractivity contribution in [3.8, 4) is 6.07 Å². The molecule has 2 heterocycles. The number of thioether (sulfide) groups is 1. The maximum absolute atomic E-state index is 11.1. The van der Waals surface area contributed by atoms with Gasteiger partial charge in [-0.3, -0.25) is 9.69 Å². The van der Waals surface area contributed by atoms with Crippen LogP contribution >= 0.6 is 11.8 Å². The second-order valence-corrected chi connectivity index (χ2v) is 6.68. The van der Waals surface area contributed by atoms with Crippen LogP contribution in [0, 0.1) is 11.3 Å². The molecule has 0 aliphatic carbocycles. The summed E-state index contributed by atoms with van der Waals surface area (Å²) >= 11 is 1.23. The Labute approximate surface area is 144 Å². The van der Waals surface area contributed by atoms with Crippen LogP contribution in [0.1, 0.15) is 23.7 Å². The number of aliphatic hydroxyl groups is 1. The topological polar surface area (TPSA) is 88.7 Å². The number of nitriles is 1. The van der Waals surface area contributed by atoms with Gasteiger partial charge in [0, 0.05) is 25.4 Å². The van der Waals surface area contributed by atoms with Crippen LogP contribution < -0.4 is 5.43 Å². The molecule has 124 valence electrons. The molecule has 0 radical (unpaired) electrons. The van der Waals surface area contributed by atoms with Gasteiger partial charge in [0.15, 0.2) is 0 Å². The molecular weight excluding hydrogens is 324 g/mol. The van der Waals surface area contributed by atoms with Crippen LogP contribution in [-0.2, 0) is 0 Å². The summed E-state index contributed by atoms with van der Waals surface area (Å²) in [5.41, 5.74) is 6.02. The smallest absolute Gasteiger partial charge is 0.299 e. The minimum atomic E-state index is -0.574. The van der Waals surface area contributed by atoms with Crippen molar-refractivity contribution >= 4 is 22.7 Å². The molecule has 0 saturated heterocycles. The molecule has 1 atom stereocenters.